The van der Waals surface area contributed by atoms with Crippen molar-refractivity contribution >= 4 is 5.69 Å². The maximum Gasteiger partial charge on any atom is 0.125 e. The first-order chi connectivity index (χ1) is 9.60. The molecule has 1 aliphatic rings. The van der Waals surface area contributed by atoms with Gasteiger partial charge in [0.25, 0.3) is 0 Å². The summed E-state index contributed by atoms with van der Waals surface area (Å²) in [7, 11) is 0. The Morgan fingerprint density at radius 2 is 2.00 bits per heavy atom. The molecule has 0 fully saturated rings. The van der Waals surface area contributed by atoms with Crippen LogP contribution in [0, 0.1) is 19.7 Å². The first-order valence-electron chi connectivity index (χ1n) is 6.87. The van der Waals surface area contributed by atoms with E-state index in [1.807, 2.05) is 19.1 Å². The fourth-order valence-electron chi connectivity index (χ4n) is 2.63. The van der Waals surface area contributed by atoms with E-state index in [0.29, 0.717) is 6.54 Å². The molecule has 0 aromatic heterocycles. The fourth-order valence-corrected chi connectivity index (χ4v) is 2.63. The summed E-state index contributed by atoms with van der Waals surface area (Å²) >= 11 is 0. The average Bonchev–Trinajstić information content (AvgIpc) is 2.77. The van der Waals surface area contributed by atoms with Crippen LogP contribution in [0.2, 0.25) is 0 Å². The third-order valence-electron chi connectivity index (χ3n) is 3.53. The molecule has 3 rings (SSSR count). The van der Waals surface area contributed by atoms with E-state index in [2.05, 4.69) is 24.4 Å². The van der Waals surface area contributed by atoms with E-state index in [1.165, 1.54) is 23.3 Å². The number of anilines is 1. The van der Waals surface area contributed by atoms with Crippen LogP contribution < -0.4 is 10.1 Å². The van der Waals surface area contributed by atoms with Gasteiger partial charge < -0.3 is 10.1 Å². The van der Waals surface area contributed by atoms with Crippen molar-refractivity contribution in [1.29, 1.82) is 0 Å². The van der Waals surface area contributed by atoms with Crippen LogP contribution >= 0.6 is 0 Å². The Morgan fingerprint density at radius 3 is 2.80 bits per heavy atom. The highest BCUT2D eigenvalue weighted by atomic mass is 19.1. The van der Waals surface area contributed by atoms with Gasteiger partial charge in [0, 0.05) is 12.1 Å². The molecule has 1 unspecified atom stereocenters. The second-order valence-corrected chi connectivity index (χ2v) is 5.45. The van der Waals surface area contributed by atoms with Crippen molar-refractivity contribution in [2.45, 2.75) is 26.4 Å². The Balaban J connectivity index is 1.63. The Morgan fingerprint density at radius 1 is 1.15 bits per heavy atom. The summed E-state index contributed by atoms with van der Waals surface area (Å²) < 4.78 is 19.2. The van der Waals surface area contributed by atoms with Gasteiger partial charge in [-0.1, -0.05) is 17.7 Å². The summed E-state index contributed by atoms with van der Waals surface area (Å²) in [4.78, 5) is 0. The standard InChI is InChI=1S/C17H18FNO/c1-11-3-4-17-13(5-11)8-16(20-17)10-19-15-7-12(2)6-14(18)9-15/h3-7,9,16,19H,8,10H2,1-2H3. The molecule has 3 heteroatoms. The maximum atomic E-state index is 13.3. The maximum absolute atomic E-state index is 13.3. The summed E-state index contributed by atoms with van der Waals surface area (Å²) in [5, 5.41) is 3.25. The molecule has 1 N–H and O–H groups in total. The Bertz CT molecular complexity index is 619. The lowest BCUT2D eigenvalue weighted by atomic mass is 10.1. The minimum Gasteiger partial charge on any atom is -0.488 e. The van der Waals surface area contributed by atoms with Crippen LogP contribution in [-0.2, 0) is 6.42 Å². The lowest BCUT2D eigenvalue weighted by molar-refractivity contribution is 0.246. The zero-order valence-electron chi connectivity index (χ0n) is 11.7. The lowest BCUT2D eigenvalue weighted by Crippen LogP contribution is -2.24. The van der Waals surface area contributed by atoms with Gasteiger partial charge >= 0.3 is 0 Å². The van der Waals surface area contributed by atoms with Gasteiger partial charge in [0.1, 0.15) is 17.7 Å². The van der Waals surface area contributed by atoms with Crippen LogP contribution in [0.15, 0.2) is 36.4 Å². The van der Waals surface area contributed by atoms with E-state index in [0.717, 1.165) is 23.4 Å². The van der Waals surface area contributed by atoms with Gasteiger partial charge in [-0.2, -0.15) is 0 Å². The predicted molar refractivity (Wildman–Crippen MR) is 78.9 cm³/mol. The highest BCUT2D eigenvalue weighted by Gasteiger charge is 2.22. The largest absolute Gasteiger partial charge is 0.488 e. The normalized spacial score (nSPS) is 16.6. The molecule has 0 spiro atoms. The number of hydrogen-bond acceptors (Lipinski definition) is 2. The Hall–Kier alpha value is -2.03. The van der Waals surface area contributed by atoms with Crippen LogP contribution in [0.3, 0.4) is 0 Å². The van der Waals surface area contributed by atoms with Crippen LogP contribution in [0.5, 0.6) is 5.75 Å². The molecule has 0 bridgehead atoms. The predicted octanol–water partition coefficient (Wildman–Crippen LogP) is 3.86. The van der Waals surface area contributed by atoms with Crippen LogP contribution in [0.25, 0.3) is 0 Å². The molecule has 0 saturated carbocycles. The van der Waals surface area contributed by atoms with E-state index in [4.69, 9.17) is 4.74 Å². The third kappa shape index (κ3) is 2.77. The average molecular weight is 271 g/mol. The molecular formula is C17H18FNO. The molecule has 2 aromatic carbocycles. The monoisotopic (exact) mass is 271 g/mol. The van der Waals surface area contributed by atoms with Crippen molar-refractivity contribution in [3.63, 3.8) is 0 Å². The molecule has 104 valence electrons. The van der Waals surface area contributed by atoms with Crippen LogP contribution in [-0.4, -0.2) is 12.6 Å². The van der Waals surface area contributed by atoms with Crippen LogP contribution in [0.1, 0.15) is 16.7 Å². The van der Waals surface area contributed by atoms with Gasteiger partial charge in [0.05, 0.1) is 6.54 Å². The molecule has 20 heavy (non-hydrogen) atoms. The number of benzene rings is 2. The first-order valence-corrected chi connectivity index (χ1v) is 6.87. The summed E-state index contributed by atoms with van der Waals surface area (Å²) in [5.74, 6) is 0.761. The molecular weight excluding hydrogens is 253 g/mol. The molecule has 1 heterocycles. The van der Waals surface area contributed by atoms with Crippen molar-refractivity contribution in [2.24, 2.45) is 0 Å². The number of halogens is 1. The topological polar surface area (TPSA) is 21.3 Å². The summed E-state index contributed by atoms with van der Waals surface area (Å²) in [5.41, 5.74) is 4.23. The molecule has 0 aliphatic carbocycles. The van der Waals surface area contributed by atoms with Crippen molar-refractivity contribution in [1.82, 2.24) is 0 Å². The SMILES string of the molecule is Cc1cc(F)cc(NCC2Cc3cc(C)ccc3O2)c1. The van der Waals surface area contributed by atoms with E-state index >= 15 is 0 Å². The molecule has 0 saturated heterocycles. The van der Waals surface area contributed by atoms with Gasteiger partial charge in [-0.15, -0.1) is 0 Å². The molecule has 0 radical (unpaired) electrons. The molecule has 1 atom stereocenters. The zero-order chi connectivity index (χ0) is 14.1. The number of rotatable bonds is 3. The molecule has 1 aliphatic heterocycles. The second kappa shape index (κ2) is 5.16. The third-order valence-corrected chi connectivity index (χ3v) is 3.53. The number of nitrogens with one attached hydrogen (secondary N) is 1. The highest BCUT2D eigenvalue weighted by molar-refractivity contribution is 5.47. The number of hydrogen-bond donors (Lipinski definition) is 1. The quantitative estimate of drug-likeness (QED) is 0.915. The van der Waals surface area contributed by atoms with Crippen molar-refractivity contribution in [3.8, 4) is 5.75 Å². The van der Waals surface area contributed by atoms with E-state index in [9.17, 15) is 4.39 Å². The Labute approximate surface area is 118 Å². The van der Waals surface area contributed by atoms with Gasteiger partial charge in [-0.25, -0.2) is 4.39 Å². The molecule has 0 amide bonds. The zero-order valence-corrected chi connectivity index (χ0v) is 11.7. The van der Waals surface area contributed by atoms with E-state index in [-0.39, 0.29) is 11.9 Å². The number of aryl methyl sites for hydroxylation is 2. The fraction of sp³-hybridized carbons (Fsp3) is 0.294. The molecule has 2 aromatic rings. The van der Waals surface area contributed by atoms with E-state index in [1.54, 1.807) is 0 Å². The van der Waals surface area contributed by atoms with Gasteiger partial charge in [0.15, 0.2) is 0 Å². The number of ether oxygens (including phenoxy) is 1. The summed E-state index contributed by atoms with van der Waals surface area (Å²) in [6.07, 6.45) is 1.01. The van der Waals surface area contributed by atoms with Crippen molar-refractivity contribution < 1.29 is 9.13 Å². The number of fused-ring (bicyclic) bond motifs is 1. The minimum atomic E-state index is -0.209. The van der Waals surface area contributed by atoms with Gasteiger partial charge in [0.2, 0.25) is 0 Å². The first kappa shape index (κ1) is 13.0. The second-order valence-electron chi connectivity index (χ2n) is 5.45. The minimum absolute atomic E-state index is 0.107. The highest BCUT2D eigenvalue weighted by Crippen LogP contribution is 2.29. The lowest BCUT2D eigenvalue weighted by Gasteiger charge is -2.13. The summed E-state index contributed by atoms with van der Waals surface area (Å²) in [6.45, 7) is 4.65. The molecule has 2 nitrogen and oxygen atoms in total. The van der Waals surface area contributed by atoms with Crippen molar-refractivity contribution in [2.75, 3.05) is 11.9 Å². The van der Waals surface area contributed by atoms with Crippen molar-refractivity contribution in [3.05, 3.63) is 58.9 Å². The summed E-state index contributed by atoms with van der Waals surface area (Å²) in [6, 6.07) is 11.2. The van der Waals surface area contributed by atoms with E-state index < -0.39 is 0 Å². The Kier molecular flexibility index (Phi) is 3.35. The van der Waals surface area contributed by atoms with Crippen LogP contribution in [0.4, 0.5) is 10.1 Å². The van der Waals surface area contributed by atoms with Gasteiger partial charge in [-0.3, -0.25) is 0 Å². The van der Waals surface area contributed by atoms with Gasteiger partial charge in [-0.05, 0) is 49.2 Å². The smallest absolute Gasteiger partial charge is 0.125 e.